The Morgan fingerprint density at radius 2 is 2.11 bits per heavy atom. The van der Waals surface area contributed by atoms with Crippen LogP contribution in [0, 0.1) is 0 Å². The van der Waals surface area contributed by atoms with Crippen LogP contribution in [0.3, 0.4) is 0 Å². The monoisotopic (exact) mass is 462 g/mol. The smallest absolute Gasteiger partial charge is 0.321 e. The zero-order chi connectivity index (χ0) is 19.9. The molecule has 2 aromatic rings. The molecule has 2 aromatic carbocycles. The molecule has 0 N–H and O–H groups in total. The zero-order valence-electron chi connectivity index (χ0n) is 15.8. The molecule has 5 nitrogen and oxygen atoms in total. The van der Waals surface area contributed by atoms with Gasteiger partial charge < -0.3 is 9.64 Å². The lowest BCUT2D eigenvalue weighted by atomic mass is 10.2. The van der Waals surface area contributed by atoms with E-state index in [-0.39, 0.29) is 19.1 Å². The third-order valence-corrected chi connectivity index (χ3v) is 6.46. The topological polar surface area (TPSA) is 49.9 Å². The quantitative estimate of drug-likeness (QED) is 0.313. The summed E-state index contributed by atoms with van der Waals surface area (Å²) in [7, 11) is 0. The first-order chi connectivity index (χ1) is 13.6. The maximum atomic E-state index is 12.3. The summed E-state index contributed by atoms with van der Waals surface area (Å²) in [6.45, 7) is 4.03. The molecule has 7 heteroatoms. The van der Waals surface area contributed by atoms with Crippen LogP contribution in [0.5, 0.6) is 0 Å². The molecule has 0 unspecified atom stereocenters. The van der Waals surface area contributed by atoms with Crippen molar-refractivity contribution in [3.05, 3.63) is 58.1 Å². The molecule has 0 bridgehead atoms. The number of ether oxygens (including phenoxy) is 1. The highest BCUT2D eigenvalue weighted by atomic mass is 79.9. The average molecular weight is 463 g/mol. The molecule has 0 atom stereocenters. The number of hydrogen-bond donors (Lipinski definition) is 0. The van der Waals surface area contributed by atoms with Gasteiger partial charge in [0.25, 0.3) is 0 Å². The largest absolute Gasteiger partial charge is 0.460 e. The molecule has 1 aliphatic heterocycles. The Kier molecular flexibility index (Phi) is 7.53. The van der Waals surface area contributed by atoms with Crippen LogP contribution in [0.1, 0.15) is 24.5 Å². The number of benzene rings is 2. The van der Waals surface area contributed by atoms with Gasteiger partial charge in [-0.3, -0.25) is 9.59 Å². The molecule has 1 amide bonds. The Labute approximate surface area is 178 Å². The molecular formula is C21H23BrN2O3S. The van der Waals surface area contributed by atoms with E-state index in [1.54, 1.807) is 4.90 Å². The van der Waals surface area contributed by atoms with Gasteiger partial charge in [0.15, 0.2) is 0 Å². The van der Waals surface area contributed by atoms with Gasteiger partial charge in [0.2, 0.25) is 6.41 Å². The van der Waals surface area contributed by atoms with Crippen molar-refractivity contribution in [2.24, 2.45) is 0 Å². The Balaban J connectivity index is 1.64. The predicted octanol–water partition coefficient (Wildman–Crippen LogP) is 4.43. The molecule has 0 saturated heterocycles. The summed E-state index contributed by atoms with van der Waals surface area (Å²) in [5.74, 6) is -0.253. The lowest BCUT2D eigenvalue weighted by Crippen LogP contribution is -2.26. The minimum atomic E-state index is -0.253. The number of hydrogen-bond acceptors (Lipinski definition) is 5. The highest BCUT2D eigenvalue weighted by Gasteiger charge is 2.22. The van der Waals surface area contributed by atoms with Crippen molar-refractivity contribution in [3.8, 4) is 0 Å². The van der Waals surface area contributed by atoms with Gasteiger partial charge in [-0.05, 0) is 64.0 Å². The van der Waals surface area contributed by atoms with Crippen molar-refractivity contribution in [1.29, 1.82) is 0 Å². The van der Waals surface area contributed by atoms with Crippen LogP contribution in [0.25, 0.3) is 0 Å². The maximum Gasteiger partial charge on any atom is 0.321 e. The van der Waals surface area contributed by atoms with E-state index < -0.39 is 0 Å². The number of halogens is 1. The van der Waals surface area contributed by atoms with Gasteiger partial charge in [0, 0.05) is 28.1 Å². The molecule has 1 heterocycles. The predicted molar refractivity (Wildman–Crippen MR) is 115 cm³/mol. The van der Waals surface area contributed by atoms with Gasteiger partial charge in [0.05, 0.1) is 0 Å². The van der Waals surface area contributed by atoms with E-state index in [4.69, 9.17) is 4.74 Å². The summed E-state index contributed by atoms with van der Waals surface area (Å²) in [6.07, 6.45) is 2.66. The molecule has 0 fully saturated rings. The van der Waals surface area contributed by atoms with Crippen LogP contribution in [0.15, 0.2) is 51.8 Å². The highest BCUT2D eigenvalue weighted by Crippen LogP contribution is 2.38. The molecule has 1 aliphatic rings. The van der Waals surface area contributed by atoms with Gasteiger partial charge in [0.1, 0.15) is 13.2 Å². The normalized spacial score (nSPS) is 12.9. The molecule has 0 aliphatic carbocycles. The molecular weight excluding hydrogens is 440 g/mol. The number of rotatable bonds is 9. The fourth-order valence-electron chi connectivity index (χ4n) is 3.07. The summed E-state index contributed by atoms with van der Waals surface area (Å²) in [5.41, 5.74) is 3.08. The van der Waals surface area contributed by atoms with Crippen molar-refractivity contribution in [1.82, 2.24) is 4.31 Å². The number of nitrogens with zero attached hydrogens (tertiary/aromatic N) is 2. The van der Waals surface area contributed by atoms with Gasteiger partial charge in [-0.15, -0.1) is 0 Å². The van der Waals surface area contributed by atoms with Gasteiger partial charge in [-0.1, -0.05) is 37.3 Å². The second kappa shape index (κ2) is 10.1. The molecule has 148 valence electrons. The van der Waals surface area contributed by atoms with E-state index in [1.165, 1.54) is 11.9 Å². The second-order valence-corrected chi connectivity index (χ2v) is 8.55. The minimum Gasteiger partial charge on any atom is -0.460 e. The first-order valence-corrected chi connectivity index (χ1v) is 10.8. The standard InChI is InChI=1S/C21H23BrN2O3S/c1-2-9-24(13-21(26)27-14-16-6-4-3-5-7-16)28-20-12-19-17(11-18(20)22)8-10-23(19)15-25/h3-7,11-12,15H,2,8-10,13-14H2,1H3. The van der Waals surface area contributed by atoms with Crippen LogP contribution in [0.4, 0.5) is 5.69 Å². The van der Waals surface area contributed by atoms with Crippen molar-refractivity contribution < 1.29 is 14.3 Å². The summed E-state index contributed by atoms with van der Waals surface area (Å²) in [4.78, 5) is 26.3. The molecule has 0 spiro atoms. The van der Waals surface area contributed by atoms with Crippen LogP contribution < -0.4 is 4.90 Å². The summed E-state index contributed by atoms with van der Waals surface area (Å²) < 4.78 is 8.40. The minimum absolute atomic E-state index is 0.201. The number of carbonyl (C=O) groups is 2. The van der Waals surface area contributed by atoms with Gasteiger partial charge >= 0.3 is 5.97 Å². The van der Waals surface area contributed by atoms with Crippen LogP contribution in [0.2, 0.25) is 0 Å². The van der Waals surface area contributed by atoms with Gasteiger partial charge in [-0.2, -0.15) is 0 Å². The molecule has 0 saturated carbocycles. The van der Waals surface area contributed by atoms with E-state index in [0.717, 1.165) is 52.0 Å². The van der Waals surface area contributed by atoms with E-state index in [9.17, 15) is 9.59 Å². The number of carbonyl (C=O) groups excluding carboxylic acids is 2. The summed E-state index contributed by atoms with van der Waals surface area (Å²) in [5, 5.41) is 0. The molecule has 28 heavy (non-hydrogen) atoms. The lowest BCUT2D eigenvalue weighted by molar-refractivity contribution is -0.145. The molecule has 0 radical (unpaired) electrons. The van der Waals surface area contributed by atoms with E-state index >= 15 is 0 Å². The lowest BCUT2D eigenvalue weighted by Gasteiger charge is -2.21. The van der Waals surface area contributed by atoms with E-state index in [2.05, 4.69) is 28.9 Å². The average Bonchev–Trinajstić information content (AvgIpc) is 3.09. The number of amides is 1. The van der Waals surface area contributed by atoms with Crippen LogP contribution in [-0.4, -0.2) is 36.3 Å². The van der Waals surface area contributed by atoms with Crippen molar-refractivity contribution >= 4 is 45.9 Å². The first-order valence-electron chi connectivity index (χ1n) is 9.27. The van der Waals surface area contributed by atoms with E-state index in [1.807, 2.05) is 40.7 Å². The number of anilines is 1. The van der Waals surface area contributed by atoms with Gasteiger partial charge in [-0.25, -0.2) is 4.31 Å². The SMILES string of the molecule is CCCN(CC(=O)OCc1ccccc1)Sc1cc2c(cc1Br)CCN2C=O. The number of esters is 1. The van der Waals surface area contributed by atoms with Crippen LogP contribution in [-0.2, 0) is 27.4 Å². The van der Waals surface area contributed by atoms with Crippen molar-refractivity contribution in [2.45, 2.75) is 31.3 Å². The molecule has 3 rings (SSSR count). The third kappa shape index (κ3) is 5.37. The zero-order valence-corrected chi connectivity index (χ0v) is 18.2. The Bertz CT molecular complexity index is 832. The maximum absolute atomic E-state index is 12.3. The molecule has 0 aromatic heterocycles. The van der Waals surface area contributed by atoms with Crippen LogP contribution >= 0.6 is 27.9 Å². The second-order valence-electron chi connectivity index (χ2n) is 6.56. The van der Waals surface area contributed by atoms with Crippen molar-refractivity contribution in [2.75, 3.05) is 24.5 Å². The fraction of sp³-hybridized carbons (Fsp3) is 0.333. The number of fused-ring (bicyclic) bond motifs is 1. The van der Waals surface area contributed by atoms with E-state index in [0.29, 0.717) is 6.54 Å². The Morgan fingerprint density at radius 3 is 2.82 bits per heavy atom. The van der Waals surface area contributed by atoms with Crippen molar-refractivity contribution in [3.63, 3.8) is 0 Å². The highest BCUT2D eigenvalue weighted by molar-refractivity contribution is 9.10. The first kappa shape index (κ1) is 20.9. The Hall–Kier alpha value is -1.83. The Morgan fingerprint density at radius 1 is 1.32 bits per heavy atom. The summed E-state index contributed by atoms with van der Waals surface area (Å²) >= 11 is 5.14. The third-order valence-electron chi connectivity index (χ3n) is 4.44. The fourth-order valence-corrected chi connectivity index (χ4v) is 4.71. The summed E-state index contributed by atoms with van der Waals surface area (Å²) in [6, 6.07) is 13.7.